The molecule has 8 nitrogen and oxygen atoms in total. The quantitative estimate of drug-likeness (QED) is 0.470. The Labute approximate surface area is 169 Å². The lowest BCUT2D eigenvalue weighted by Gasteiger charge is -2.30. The molecule has 0 spiro atoms. The molecule has 0 atom stereocenters. The SMILES string of the molecule is CC(=O)O.CC(=O)O.CC(=O)O.CCCOC(=O)C(CCC)(CCC)CCC. The minimum atomic E-state index is -0.833. The Kier molecular flexibility index (Phi) is 27.4. The van der Waals surface area contributed by atoms with Gasteiger partial charge in [0, 0.05) is 20.8 Å². The van der Waals surface area contributed by atoms with Gasteiger partial charge in [0.15, 0.2) is 0 Å². The Bertz CT molecular complexity index is 361. The Morgan fingerprint density at radius 1 is 0.643 bits per heavy atom. The molecule has 28 heavy (non-hydrogen) atoms. The normalized spacial score (nSPS) is 9.25. The predicted octanol–water partition coefficient (Wildman–Crippen LogP) is 4.60. The molecule has 0 amide bonds. The van der Waals surface area contributed by atoms with Crippen LogP contribution in [0.1, 0.15) is 93.4 Å². The lowest BCUT2D eigenvalue weighted by molar-refractivity contribution is -0.158. The maximum absolute atomic E-state index is 12.2. The summed E-state index contributed by atoms with van der Waals surface area (Å²) in [7, 11) is 0. The molecule has 0 saturated carbocycles. The summed E-state index contributed by atoms with van der Waals surface area (Å²) < 4.78 is 5.38. The second-order valence-corrected chi connectivity index (χ2v) is 6.22. The number of hydrogen-bond acceptors (Lipinski definition) is 5. The molecule has 0 aliphatic carbocycles. The van der Waals surface area contributed by atoms with Gasteiger partial charge in [-0.15, -0.1) is 0 Å². The number of carboxylic acid groups (broad SMARTS) is 3. The number of rotatable bonds is 9. The van der Waals surface area contributed by atoms with Crippen LogP contribution in [0.4, 0.5) is 0 Å². The van der Waals surface area contributed by atoms with Gasteiger partial charge in [0.1, 0.15) is 0 Å². The fourth-order valence-electron chi connectivity index (χ4n) is 2.46. The van der Waals surface area contributed by atoms with Crippen LogP contribution in [0, 0.1) is 5.41 Å². The van der Waals surface area contributed by atoms with Gasteiger partial charge < -0.3 is 20.1 Å². The molecule has 3 N–H and O–H groups in total. The van der Waals surface area contributed by atoms with Crippen LogP contribution in [-0.4, -0.2) is 45.8 Å². The van der Waals surface area contributed by atoms with Crippen molar-refractivity contribution < 1.29 is 39.2 Å². The second kappa shape index (κ2) is 22.9. The third kappa shape index (κ3) is 31.6. The van der Waals surface area contributed by atoms with Gasteiger partial charge in [-0.1, -0.05) is 47.0 Å². The Hall–Kier alpha value is -2.12. The maximum atomic E-state index is 12.2. The summed E-state index contributed by atoms with van der Waals surface area (Å²) in [6, 6.07) is 0. The van der Waals surface area contributed by atoms with Gasteiger partial charge in [-0.05, 0) is 25.7 Å². The fourth-order valence-corrected chi connectivity index (χ4v) is 2.46. The van der Waals surface area contributed by atoms with Gasteiger partial charge in [0.05, 0.1) is 12.0 Å². The smallest absolute Gasteiger partial charge is 0.312 e. The molecule has 0 radical (unpaired) electrons. The molecule has 0 aromatic rings. The van der Waals surface area contributed by atoms with Crippen molar-refractivity contribution in [1.29, 1.82) is 0 Å². The zero-order valence-electron chi connectivity index (χ0n) is 18.5. The summed E-state index contributed by atoms with van der Waals surface area (Å²) in [5, 5.41) is 22.2. The molecule has 0 bridgehead atoms. The van der Waals surface area contributed by atoms with Crippen LogP contribution in [-0.2, 0) is 23.9 Å². The zero-order valence-corrected chi connectivity index (χ0v) is 18.5. The lowest BCUT2D eigenvalue weighted by atomic mass is 9.75. The summed E-state index contributed by atoms with van der Waals surface area (Å²) in [6.07, 6.45) is 6.99. The number of esters is 1. The molecule has 0 heterocycles. The number of carboxylic acids is 3. The van der Waals surface area contributed by atoms with E-state index in [2.05, 4.69) is 20.8 Å². The number of aliphatic carboxylic acids is 3. The lowest BCUT2D eigenvalue weighted by Crippen LogP contribution is -2.33. The van der Waals surface area contributed by atoms with Gasteiger partial charge in [-0.2, -0.15) is 0 Å². The van der Waals surface area contributed by atoms with Crippen molar-refractivity contribution >= 4 is 23.9 Å². The first-order valence-corrected chi connectivity index (χ1v) is 9.62. The minimum Gasteiger partial charge on any atom is -0.481 e. The van der Waals surface area contributed by atoms with E-state index in [4.69, 9.17) is 34.4 Å². The van der Waals surface area contributed by atoms with Crippen LogP contribution in [0.15, 0.2) is 0 Å². The van der Waals surface area contributed by atoms with E-state index in [1.54, 1.807) is 0 Å². The minimum absolute atomic E-state index is 0.0416. The largest absolute Gasteiger partial charge is 0.481 e. The van der Waals surface area contributed by atoms with E-state index in [9.17, 15) is 4.79 Å². The van der Waals surface area contributed by atoms with E-state index in [1.807, 2.05) is 6.92 Å². The number of ether oxygens (including phenoxy) is 1. The Balaban J connectivity index is -0.000000195. The van der Waals surface area contributed by atoms with E-state index < -0.39 is 17.9 Å². The predicted molar refractivity (Wildman–Crippen MR) is 108 cm³/mol. The molecular weight excluding hydrogens is 368 g/mol. The number of carbonyl (C=O) groups excluding carboxylic acids is 1. The molecule has 0 fully saturated rings. The average molecular weight is 409 g/mol. The van der Waals surface area contributed by atoms with Gasteiger partial charge in [-0.3, -0.25) is 19.2 Å². The zero-order chi connectivity index (χ0) is 23.2. The van der Waals surface area contributed by atoms with Crippen molar-refractivity contribution in [2.45, 2.75) is 93.4 Å². The molecular formula is C20H40O8. The Morgan fingerprint density at radius 3 is 1.07 bits per heavy atom. The first-order chi connectivity index (χ1) is 12.9. The highest BCUT2D eigenvalue weighted by molar-refractivity contribution is 5.76. The molecule has 0 rings (SSSR count). The molecule has 0 aliphatic heterocycles. The molecule has 0 unspecified atom stereocenters. The van der Waals surface area contributed by atoms with Crippen molar-refractivity contribution in [3.05, 3.63) is 0 Å². The van der Waals surface area contributed by atoms with Crippen LogP contribution in [0.25, 0.3) is 0 Å². The summed E-state index contributed by atoms with van der Waals surface area (Å²) >= 11 is 0. The van der Waals surface area contributed by atoms with E-state index in [0.29, 0.717) is 6.61 Å². The molecule has 0 saturated heterocycles. The third-order valence-corrected chi connectivity index (χ3v) is 3.06. The highest BCUT2D eigenvalue weighted by atomic mass is 16.5. The maximum Gasteiger partial charge on any atom is 0.312 e. The van der Waals surface area contributed by atoms with Crippen molar-refractivity contribution in [3.8, 4) is 0 Å². The van der Waals surface area contributed by atoms with E-state index >= 15 is 0 Å². The first kappa shape index (κ1) is 33.5. The van der Waals surface area contributed by atoms with Crippen molar-refractivity contribution in [1.82, 2.24) is 0 Å². The topological polar surface area (TPSA) is 138 Å². The highest BCUT2D eigenvalue weighted by Crippen LogP contribution is 2.36. The van der Waals surface area contributed by atoms with Crippen LogP contribution in [0.2, 0.25) is 0 Å². The Morgan fingerprint density at radius 2 is 0.893 bits per heavy atom. The second-order valence-electron chi connectivity index (χ2n) is 6.22. The number of carbonyl (C=O) groups is 4. The summed E-state index contributed by atoms with van der Waals surface area (Å²) in [5.74, 6) is -2.46. The van der Waals surface area contributed by atoms with Gasteiger partial charge >= 0.3 is 5.97 Å². The van der Waals surface area contributed by atoms with Crippen LogP contribution < -0.4 is 0 Å². The van der Waals surface area contributed by atoms with Gasteiger partial charge in [-0.25, -0.2) is 0 Å². The van der Waals surface area contributed by atoms with E-state index in [-0.39, 0.29) is 11.4 Å². The van der Waals surface area contributed by atoms with Gasteiger partial charge in [0.25, 0.3) is 17.9 Å². The molecule has 8 heteroatoms. The van der Waals surface area contributed by atoms with Crippen molar-refractivity contribution in [2.24, 2.45) is 5.41 Å². The first-order valence-electron chi connectivity index (χ1n) is 9.62. The number of hydrogen-bond donors (Lipinski definition) is 3. The monoisotopic (exact) mass is 408 g/mol. The summed E-state index contributed by atoms with van der Waals surface area (Å²) in [6.45, 7) is 12.3. The average Bonchev–Trinajstić information content (AvgIpc) is 2.51. The van der Waals surface area contributed by atoms with E-state index in [1.165, 1.54) is 0 Å². The highest BCUT2D eigenvalue weighted by Gasteiger charge is 2.37. The molecule has 0 aromatic heterocycles. The van der Waals surface area contributed by atoms with E-state index in [0.717, 1.165) is 65.7 Å². The summed E-state index contributed by atoms with van der Waals surface area (Å²) in [4.78, 5) is 39.2. The standard InChI is InChI=1S/C14H28O2.3C2H4O2/c1-5-9-14(10-6-2,11-7-3)13(15)16-12-8-4;3*1-2(3)4/h5-12H2,1-4H3;3*1H3,(H,3,4). The summed E-state index contributed by atoms with van der Waals surface area (Å²) in [5.41, 5.74) is -0.201. The fraction of sp³-hybridized carbons (Fsp3) is 0.800. The van der Waals surface area contributed by atoms with Crippen LogP contribution in [0.5, 0.6) is 0 Å². The van der Waals surface area contributed by atoms with Crippen LogP contribution in [0.3, 0.4) is 0 Å². The van der Waals surface area contributed by atoms with Crippen molar-refractivity contribution in [3.63, 3.8) is 0 Å². The molecule has 0 aliphatic rings. The molecule has 168 valence electrons. The van der Waals surface area contributed by atoms with Crippen LogP contribution >= 0.6 is 0 Å². The van der Waals surface area contributed by atoms with Gasteiger partial charge in [0.2, 0.25) is 0 Å². The van der Waals surface area contributed by atoms with Crippen molar-refractivity contribution in [2.75, 3.05) is 6.61 Å². The molecule has 0 aromatic carbocycles. The third-order valence-electron chi connectivity index (χ3n) is 3.06.